The van der Waals surface area contributed by atoms with E-state index in [1.165, 1.54) is 4.31 Å². The Balaban J connectivity index is 3.10. The molecule has 1 aromatic carbocycles. The fraction of sp³-hybridized carbons (Fsp3) is 0.467. The molecular weight excluding hydrogens is 308 g/mol. The average Bonchev–Trinajstić information content (AvgIpc) is 2.46. The first kappa shape index (κ1) is 18.0. The van der Waals surface area contributed by atoms with E-state index in [-0.39, 0.29) is 16.5 Å². The molecule has 1 aromatic rings. The van der Waals surface area contributed by atoms with E-state index in [1.54, 1.807) is 19.1 Å². The Labute approximate surface area is 132 Å². The largest absolute Gasteiger partial charge is 0.313 e. The Bertz CT molecular complexity index is 609. The van der Waals surface area contributed by atoms with Crippen LogP contribution in [0.2, 0.25) is 5.02 Å². The van der Waals surface area contributed by atoms with E-state index in [0.29, 0.717) is 13.1 Å². The zero-order valence-electron chi connectivity index (χ0n) is 12.4. The zero-order chi connectivity index (χ0) is 15.9. The van der Waals surface area contributed by atoms with Crippen molar-refractivity contribution in [3.63, 3.8) is 0 Å². The van der Waals surface area contributed by atoms with Gasteiger partial charge in [-0.1, -0.05) is 37.4 Å². The van der Waals surface area contributed by atoms with Gasteiger partial charge >= 0.3 is 0 Å². The Kier molecular flexibility index (Phi) is 7.20. The molecule has 0 fully saturated rings. The van der Waals surface area contributed by atoms with Crippen molar-refractivity contribution in [1.82, 2.24) is 9.62 Å². The number of benzene rings is 1. The maximum absolute atomic E-state index is 12.6. The van der Waals surface area contributed by atoms with Gasteiger partial charge in [0, 0.05) is 13.1 Å². The lowest BCUT2D eigenvalue weighted by Gasteiger charge is -2.19. The van der Waals surface area contributed by atoms with Gasteiger partial charge in [-0.3, -0.25) is 0 Å². The van der Waals surface area contributed by atoms with Gasteiger partial charge < -0.3 is 5.32 Å². The van der Waals surface area contributed by atoms with Crippen LogP contribution in [-0.2, 0) is 16.6 Å². The molecule has 0 heterocycles. The Morgan fingerprint density at radius 1 is 1.38 bits per heavy atom. The highest BCUT2D eigenvalue weighted by molar-refractivity contribution is 7.89. The number of sulfonamides is 1. The lowest BCUT2D eigenvalue weighted by atomic mass is 10.2. The molecule has 21 heavy (non-hydrogen) atoms. The predicted octanol–water partition coefficient (Wildman–Crippen LogP) is 2.48. The third-order valence-electron chi connectivity index (χ3n) is 2.99. The van der Waals surface area contributed by atoms with Gasteiger partial charge in [0.15, 0.2) is 0 Å². The van der Waals surface area contributed by atoms with Gasteiger partial charge in [0.1, 0.15) is 4.90 Å². The summed E-state index contributed by atoms with van der Waals surface area (Å²) in [5, 5.41) is 3.45. The molecule has 0 aliphatic rings. The summed E-state index contributed by atoms with van der Waals surface area (Å²) in [5.41, 5.74) is 0.878. The van der Waals surface area contributed by atoms with Crippen LogP contribution < -0.4 is 5.32 Å². The van der Waals surface area contributed by atoms with Gasteiger partial charge in [-0.05, 0) is 30.7 Å². The molecule has 0 unspecified atom stereocenters. The monoisotopic (exact) mass is 328 g/mol. The molecule has 0 aliphatic carbocycles. The summed E-state index contributed by atoms with van der Waals surface area (Å²) in [6.07, 6.45) is 6.25. The molecule has 0 aromatic heterocycles. The SMILES string of the molecule is C#CCN(CC)S(=O)(=O)c1cc(CNCCC)ccc1Cl. The summed E-state index contributed by atoms with van der Waals surface area (Å²) in [6.45, 7) is 5.64. The van der Waals surface area contributed by atoms with Crippen LogP contribution in [0.15, 0.2) is 23.1 Å². The van der Waals surface area contributed by atoms with Crippen molar-refractivity contribution in [2.24, 2.45) is 0 Å². The Morgan fingerprint density at radius 2 is 2.10 bits per heavy atom. The second-order valence-electron chi connectivity index (χ2n) is 4.58. The number of rotatable bonds is 8. The van der Waals surface area contributed by atoms with E-state index >= 15 is 0 Å². The second-order valence-corrected chi connectivity index (χ2v) is 6.89. The number of terminal acetylenes is 1. The molecule has 0 bridgehead atoms. The fourth-order valence-corrected chi connectivity index (χ4v) is 3.76. The van der Waals surface area contributed by atoms with Crippen LogP contribution >= 0.6 is 11.6 Å². The summed E-state index contributed by atoms with van der Waals surface area (Å²) in [6, 6.07) is 5.04. The third kappa shape index (κ3) is 4.72. The molecule has 4 nitrogen and oxygen atoms in total. The van der Waals surface area contributed by atoms with E-state index in [0.717, 1.165) is 18.5 Å². The minimum absolute atomic E-state index is 0.0352. The first-order valence-electron chi connectivity index (χ1n) is 6.90. The Morgan fingerprint density at radius 3 is 2.67 bits per heavy atom. The maximum atomic E-state index is 12.6. The number of hydrogen-bond acceptors (Lipinski definition) is 3. The highest BCUT2D eigenvalue weighted by Gasteiger charge is 2.25. The van der Waals surface area contributed by atoms with E-state index in [1.807, 2.05) is 6.07 Å². The minimum atomic E-state index is -3.67. The van der Waals surface area contributed by atoms with Crippen molar-refractivity contribution in [2.75, 3.05) is 19.6 Å². The van der Waals surface area contributed by atoms with Crippen molar-refractivity contribution in [3.8, 4) is 12.3 Å². The van der Waals surface area contributed by atoms with Gasteiger partial charge in [0.2, 0.25) is 10.0 Å². The molecular formula is C15H21ClN2O2S. The van der Waals surface area contributed by atoms with E-state index in [4.69, 9.17) is 18.0 Å². The van der Waals surface area contributed by atoms with Gasteiger partial charge in [-0.15, -0.1) is 6.42 Å². The standard InChI is InChI=1S/C15H21ClN2O2S/c1-4-9-17-12-13-7-8-14(16)15(11-13)21(19,20)18(6-3)10-5-2/h2,7-8,11,17H,4,6,9-10,12H2,1,3H3. The minimum Gasteiger partial charge on any atom is -0.313 e. The van der Waals surface area contributed by atoms with Crippen LogP contribution in [0.25, 0.3) is 0 Å². The van der Waals surface area contributed by atoms with Gasteiger partial charge in [0.25, 0.3) is 0 Å². The molecule has 0 saturated carbocycles. The van der Waals surface area contributed by atoms with E-state index in [9.17, 15) is 8.42 Å². The van der Waals surface area contributed by atoms with Gasteiger partial charge in [-0.25, -0.2) is 8.42 Å². The molecule has 0 amide bonds. The van der Waals surface area contributed by atoms with Crippen LogP contribution in [0.1, 0.15) is 25.8 Å². The summed E-state index contributed by atoms with van der Waals surface area (Å²) in [4.78, 5) is 0.108. The predicted molar refractivity (Wildman–Crippen MR) is 86.7 cm³/mol. The van der Waals surface area contributed by atoms with Crippen LogP contribution in [0.3, 0.4) is 0 Å². The molecule has 0 spiro atoms. The molecule has 0 atom stereocenters. The Hall–Kier alpha value is -1.06. The number of hydrogen-bond donors (Lipinski definition) is 1. The van der Waals surface area contributed by atoms with Crippen molar-refractivity contribution in [2.45, 2.75) is 31.7 Å². The third-order valence-corrected chi connectivity index (χ3v) is 5.39. The highest BCUT2D eigenvalue weighted by Crippen LogP contribution is 2.25. The molecule has 1 rings (SSSR count). The fourth-order valence-electron chi connectivity index (χ4n) is 1.87. The van der Waals surface area contributed by atoms with Crippen molar-refractivity contribution in [1.29, 1.82) is 0 Å². The summed E-state index contributed by atoms with van der Waals surface area (Å²) in [7, 11) is -3.67. The lowest BCUT2D eigenvalue weighted by molar-refractivity contribution is 0.464. The summed E-state index contributed by atoms with van der Waals surface area (Å²) >= 11 is 6.07. The highest BCUT2D eigenvalue weighted by atomic mass is 35.5. The first-order chi connectivity index (χ1) is 9.97. The normalized spacial score (nSPS) is 11.6. The lowest BCUT2D eigenvalue weighted by Crippen LogP contribution is -2.31. The molecule has 116 valence electrons. The number of halogens is 1. The van der Waals surface area contributed by atoms with Crippen molar-refractivity contribution < 1.29 is 8.42 Å². The number of nitrogens with one attached hydrogen (secondary N) is 1. The first-order valence-corrected chi connectivity index (χ1v) is 8.71. The summed E-state index contributed by atoms with van der Waals surface area (Å²) < 4.78 is 26.4. The average molecular weight is 329 g/mol. The van der Waals surface area contributed by atoms with Gasteiger partial charge in [0.05, 0.1) is 11.6 Å². The molecule has 1 N–H and O–H groups in total. The molecule has 0 saturated heterocycles. The molecule has 0 aliphatic heterocycles. The number of nitrogens with zero attached hydrogens (tertiary/aromatic N) is 1. The van der Waals surface area contributed by atoms with Crippen molar-refractivity contribution in [3.05, 3.63) is 28.8 Å². The van der Waals surface area contributed by atoms with Crippen LogP contribution in [0.4, 0.5) is 0 Å². The van der Waals surface area contributed by atoms with Crippen LogP contribution in [0, 0.1) is 12.3 Å². The smallest absolute Gasteiger partial charge is 0.245 e. The quantitative estimate of drug-likeness (QED) is 0.589. The second kappa shape index (κ2) is 8.40. The molecule has 6 heteroatoms. The van der Waals surface area contributed by atoms with E-state index < -0.39 is 10.0 Å². The van der Waals surface area contributed by atoms with Crippen LogP contribution in [0.5, 0.6) is 0 Å². The van der Waals surface area contributed by atoms with E-state index in [2.05, 4.69) is 18.2 Å². The summed E-state index contributed by atoms with van der Waals surface area (Å²) in [5.74, 6) is 2.36. The topological polar surface area (TPSA) is 49.4 Å². The zero-order valence-corrected chi connectivity index (χ0v) is 14.0. The van der Waals surface area contributed by atoms with Gasteiger partial charge in [-0.2, -0.15) is 4.31 Å². The van der Waals surface area contributed by atoms with Crippen molar-refractivity contribution >= 4 is 21.6 Å². The molecule has 0 radical (unpaired) electrons. The van der Waals surface area contributed by atoms with Crippen LogP contribution in [-0.4, -0.2) is 32.4 Å². The maximum Gasteiger partial charge on any atom is 0.245 e.